The molecule has 19 heavy (non-hydrogen) atoms. The van der Waals surface area contributed by atoms with Gasteiger partial charge in [0.2, 0.25) is 0 Å². The van der Waals surface area contributed by atoms with E-state index in [2.05, 4.69) is 15.9 Å². The van der Waals surface area contributed by atoms with Gasteiger partial charge in [0.1, 0.15) is 5.75 Å². The second-order valence-electron chi connectivity index (χ2n) is 4.13. The van der Waals surface area contributed by atoms with Crippen molar-refractivity contribution in [2.75, 3.05) is 7.11 Å². The Labute approximate surface area is 125 Å². The number of hydrogen-bond acceptors (Lipinski definition) is 2. The number of hydrogen-bond donors (Lipinski definition) is 0. The summed E-state index contributed by atoms with van der Waals surface area (Å²) in [4.78, 5) is 12.5. The first-order valence-corrected chi connectivity index (χ1v) is 6.84. The number of carbonyl (C=O) groups excluding carboxylic acids is 1. The summed E-state index contributed by atoms with van der Waals surface area (Å²) >= 11 is 9.30. The molecule has 2 rings (SSSR count). The standard InChI is InChI=1S/C15H12BrClO2/c1-9-7-10(17)3-5-12(9)15(18)13-6-4-11(19-2)8-14(13)16/h3-8H,1-2H3. The van der Waals surface area contributed by atoms with Crippen molar-refractivity contribution in [1.82, 2.24) is 0 Å². The maximum absolute atomic E-state index is 12.5. The van der Waals surface area contributed by atoms with E-state index in [0.29, 0.717) is 26.4 Å². The predicted molar refractivity (Wildman–Crippen MR) is 80.3 cm³/mol. The van der Waals surface area contributed by atoms with Crippen LogP contribution in [0, 0.1) is 6.92 Å². The zero-order valence-electron chi connectivity index (χ0n) is 10.5. The van der Waals surface area contributed by atoms with Gasteiger partial charge in [-0.25, -0.2) is 0 Å². The Morgan fingerprint density at radius 2 is 1.84 bits per heavy atom. The summed E-state index contributed by atoms with van der Waals surface area (Å²) in [5.41, 5.74) is 2.11. The van der Waals surface area contributed by atoms with Crippen LogP contribution < -0.4 is 4.74 Å². The van der Waals surface area contributed by atoms with Gasteiger partial charge < -0.3 is 4.74 Å². The third-order valence-corrected chi connectivity index (χ3v) is 3.75. The Balaban J connectivity index is 2.44. The summed E-state index contributed by atoms with van der Waals surface area (Å²) in [6, 6.07) is 10.5. The van der Waals surface area contributed by atoms with Crippen molar-refractivity contribution in [3.63, 3.8) is 0 Å². The van der Waals surface area contributed by atoms with E-state index in [1.54, 1.807) is 43.5 Å². The molecule has 0 amide bonds. The molecule has 0 saturated carbocycles. The fourth-order valence-electron chi connectivity index (χ4n) is 1.83. The molecule has 0 aliphatic heterocycles. The van der Waals surface area contributed by atoms with Gasteiger partial charge in [0.15, 0.2) is 5.78 Å². The minimum Gasteiger partial charge on any atom is -0.497 e. The van der Waals surface area contributed by atoms with Gasteiger partial charge in [-0.05, 0) is 64.8 Å². The van der Waals surface area contributed by atoms with E-state index >= 15 is 0 Å². The van der Waals surface area contributed by atoms with Crippen molar-refractivity contribution in [2.45, 2.75) is 6.92 Å². The molecule has 0 N–H and O–H groups in total. The van der Waals surface area contributed by atoms with Crippen LogP contribution >= 0.6 is 27.5 Å². The van der Waals surface area contributed by atoms with Crippen molar-refractivity contribution in [3.05, 3.63) is 62.6 Å². The van der Waals surface area contributed by atoms with Gasteiger partial charge in [0.05, 0.1) is 7.11 Å². The Bertz CT molecular complexity index is 638. The fraction of sp³-hybridized carbons (Fsp3) is 0.133. The molecule has 0 unspecified atom stereocenters. The molecule has 0 bridgehead atoms. The summed E-state index contributed by atoms with van der Waals surface area (Å²) in [5.74, 6) is 0.667. The number of ether oxygens (including phenoxy) is 1. The minimum absolute atomic E-state index is 0.0382. The summed E-state index contributed by atoms with van der Waals surface area (Å²) in [7, 11) is 1.59. The van der Waals surface area contributed by atoms with E-state index in [9.17, 15) is 4.79 Å². The van der Waals surface area contributed by atoms with Crippen LogP contribution in [0.2, 0.25) is 5.02 Å². The van der Waals surface area contributed by atoms with E-state index in [1.165, 1.54) is 0 Å². The third-order valence-electron chi connectivity index (χ3n) is 2.85. The molecule has 2 aromatic carbocycles. The van der Waals surface area contributed by atoms with E-state index in [0.717, 1.165) is 5.56 Å². The lowest BCUT2D eigenvalue weighted by Crippen LogP contribution is -2.04. The van der Waals surface area contributed by atoms with E-state index in [4.69, 9.17) is 16.3 Å². The Kier molecular flexibility index (Phi) is 4.27. The molecule has 0 radical (unpaired) electrons. The number of methoxy groups -OCH3 is 1. The quantitative estimate of drug-likeness (QED) is 0.761. The lowest BCUT2D eigenvalue weighted by atomic mass is 9.99. The predicted octanol–water partition coefficient (Wildman–Crippen LogP) is 4.65. The van der Waals surface area contributed by atoms with Crippen LogP contribution in [0.15, 0.2) is 40.9 Å². The largest absolute Gasteiger partial charge is 0.497 e. The van der Waals surface area contributed by atoms with Crippen molar-refractivity contribution in [2.24, 2.45) is 0 Å². The molecular formula is C15H12BrClO2. The molecular weight excluding hydrogens is 328 g/mol. The molecule has 0 aliphatic rings. The van der Waals surface area contributed by atoms with E-state index in [-0.39, 0.29) is 5.78 Å². The molecule has 2 aromatic rings. The third kappa shape index (κ3) is 2.99. The molecule has 0 aliphatic carbocycles. The normalized spacial score (nSPS) is 10.3. The average molecular weight is 340 g/mol. The monoisotopic (exact) mass is 338 g/mol. The van der Waals surface area contributed by atoms with Crippen LogP contribution in [0.4, 0.5) is 0 Å². The number of rotatable bonds is 3. The molecule has 0 aromatic heterocycles. The number of carbonyl (C=O) groups is 1. The highest BCUT2D eigenvalue weighted by Crippen LogP contribution is 2.26. The smallest absolute Gasteiger partial charge is 0.194 e. The maximum Gasteiger partial charge on any atom is 0.194 e. The van der Waals surface area contributed by atoms with Gasteiger partial charge in [-0.1, -0.05) is 11.6 Å². The molecule has 0 saturated heterocycles. The second kappa shape index (κ2) is 5.76. The van der Waals surface area contributed by atoms with Gasteiger partial charge in [0, 0.05) is 20.6 Å². The SMILES string of the molecule is COc1ccc(C(=O)c2ccc(Cl)cc2C)c(Br)c1. The summed E-state index contributed by atoms with van der Waals surface area (Å²) in [5, 5.41) is 0.628. The molecule has 0 heterocycles. The van der Waals surface area contributed by atoms with Crippen LogP contribution in [-0.4, -0.2) is 12.9 Å². The van der Waals surface area contributed by atoms with Gasteiger partial charge in [-0.15, -0.1) is 0 Å². The van der Waals surface area contributed by atoms with Crippen LogP contribution in [0.3, 0.4) is 0 Å². The first kappa shape index (κ1) is 14.1. The van der Waals surface area contributed by atoms with E-state index in [1.807, 2.05) is 6.92 Å². The van der Waals surface area contributed by atoms with Gasteiger partial charge in [-0.2, -0.15) is 0 Å². The van der Waals surface area contributed by atoms with Crippen LogP contribution in [0.5, 0.6) is 5.75 Å². The Hall–Kier alpha value is -1.32. The molecule has 4 heteroatoms. The number of ketones is 1. The lowest BCUT2D eigenvalue weighted by molar-refractivity contribution is 0.103. The van der Waals surface area contributed by atoms with Gasteiger partial charge in [-0.3, -0.25) is 4.79 Å². The van der Waals surface area contributed by atoms with Crippen LogP contribution in [0.1, 0.15) is 21.5 Å². The van der Waals surface area contributed by atoms with Crippen molar-refractivity contribution in [3.8, 4) is 5.75 Å². The summed E-state index contributed by atoms with van der Waals surface area (Å²) < 4.78 is 5.83. The number of benzene rings is 2. The first-order valence-electron chi connectivity index (χ1n) is 5.67. The Morgan fingerprint density at radius 3 is 2.42 bits per heavy atom. The zero-order valence-corrected chi connectivity index (χ0v) is 12.9. The Morgan fingerprint density at radius 1 is 1.16 bits per heavy atom. The molecule has 0 atom stereocenters. The minimum atomic E-state index is -0.0382. The second-order valence-corrected chi connectivity index (χ2v) is 5.42. The first-order chi connectivity index (χ1) is 9.02. The van der Waals surface area contributed by atoms with Gasteiger partial charge in [0.25, 0.3) is 0 Å². The highest BCUT2D eigenvalue weighted by Gasteiger charge is 2.15. The van der Waals surface area contributed by atoms with Gasteiger partial charge >= 0.3 is 0 Å². The van der Waals surface area contributed by atoms with Crippen LogP contribution in [0.25, 0.3) is 0 Å². The molecule has 2 nitrogen and oxygen atoms in total. The fourth-order valence-corrected chi connectivity index (χ4v) is 2.60. The van der Waals surface area contributed by atoms with Crippen molar-refractivity contribution >= 4 is 33.3 Å². The lowest BCUT2D eigenvalue weighted by Gasteiger charge is -2.08. The topological polar surface area (TPSA) is 26.3 Å². The zero-order chi connectivity index (χ0) is 14.0. The maximum atomic E-state index is 12.5. The van der Waals surface area contributed by atoms with Crippen molar-refractivity contribution < 1.29 is 9.53 Å². The average Bonchev–Trinajstić information content (AvgIpc) is 2.37. The molecule has 0 fully saturated rings. The highest BCUT2D eigenvalue weighted by atomic mass is 79.9. The number of aryl methyl sites for hydroxylation is 1. The summed E-state index contributed by atoms with van der Waals surface area (Å²) in [6.45, 7) is 1.87. The van der Waals surface area contributed by atoms with Crippen molar-refractivity contribution in [1.29, 1.82) is 0 Å². The van der Waals surface area contributed by atoms with Crippen LogP contribution in [-0.2, 0) is 0 Å². The molecule has 0 spiro atoms. The highest BCUT2D eigenvalue weighted by molar-refractivity contribution is 9.10. The number of halogens is 2. The van der Waals surface area contributed by atoms with E-state index < -0.39 is 0 Å². The summed E-state index contributed by atoms with van der Waals surface area (Å²) in [6.07, 6.45) is 0. The molecule has 98 valence electrons.